The number of carbonyl (C=O) groups is 2. The number of carbonyl (C=O) groups excluding carboxylic acids is 1. The third kappa shape index (κ3) is 3.99. The highest BCUT2D eigenvalue weighted by atomic mass is 16.4. The Morgan fingerprint density at radius 1 is 1.30 bits per heavy atom. The van der Waals surface area contributed by atoms with Gasteiger partial charge in [-0.05, 0) is 12.1 Å². The molecule has 0 spiro atoms. The van der Waals surface area contributed by atoms with Crippen LogP contribution >= 0.6 is 0 Å². The molecule has 20 heavy (non-hydrogen) atoms. The number of carboxylic acid groups (broad SMARTS) is 1. The quantitative estimate of drug-likeness (QED) is 0.813. The zero-order valence-corrected chi connectivity index (χ0v) is 10.4. The number of aliphatic carboxylic acids is 1. The molecule has 0 saturated carbocycles. The van der Waals surface area contributed by atoms with Crippen molar-refractivity contribution >= 4 is 17.6 Å². The Hall–Kier alpha value is -3.07. The van der Waals surface area contributed by atoms with Gasteiger partial charge in [0.05, 0.1) is 11.9 Å². The Morgan fingerprint density at radius 3 is 2.75 bits per heavy atom. The summed E-state index contributed by atoms with van der Waals surface area (Å²) in [5.74, 6) is 3.68. The number of aromatic nitrogens is 2. The van der Waals surface area contributed by atoms with Crippen molar-refractivity contribution in [3.05, 3.63) is 48.3 Å². The zero-order valence-electron chi connectivity index (χ0n) is 10.4. The van der Waals surface area contributed by atoms with Crippen molar-refractivity contribution in [2.24, 2.45) is 0 Å². The van der Waals surface area contributed by atoms with E-state index in [1.807, 2.05) is 18.2 Å². The van der Waals surface area contributed by atoms with Crippen LogP contribution < -0.4 is 5.32 Å². The second-order valence-corrected chi connectivity index (χ2v) is 3.89. The van der Waals surface area contributed by atoms with Crippen molar-refractivity contribution in [1.82, 2.24) is 9.78 Å². The molecule has 2 rings (SSSR count). The van der Waals surface area contributed by atoms with Crippen molar-refractivity contribution in [3.8, 4) is 11.8 Å². The molecule has 2 N–H and O–H groups in total. The first-order chi connectivity index (χ1) is 9.63. The first-order valence-electron chi connectivity index (χ1n) is 5.76. The first kappa shape index (κ1) is 13.4. The lowest BCUT2D eigenvalue weighted by molar-refractivity contribution is -0.137. The molecule has 0 saturated heterocycles. The van der Waals surface area contributed by atoms with Crippen molar-refractivity contribution in [3.63, 3.8) is 0 Å². The Balaban J connectivity index is 1.97. The largest absolute Gasteiger partial charge is 0.480 e. The molecule has 1 heterocycles. The summed E-state index contributed by atoms with van der Waals surface area (Å²) in [6.45, 7) is -0.258. The normalized spacial score (nSPS) is 9.40. The third-order valence-electron chi connectivity index (χ3n) is 2.28. The molecule has 1 amide bonds. The summed E-state index contributed by atoms with van der Waals surface area (Å²) in [6, 6.07) is 9.12. The second kappa shape index (κ2) is 6.20. The molecule has 0 fully saturated rings. The molecular formula is C14H11N3O3. The topological polar surface area (TPSA) is 84.2 Å². The molecule has 1 aromatic carbocycles. The van der Waals surface area contributed by atoms with Crippen molar-refractivity contribution < 1.29 is 14.7 Å². The summed E-state index contributed by atoms with van der Waals surface area (Å²) in [5, 5.41) is 14.9. The minimum absolute atomic E-state index is 0.258. The van der Waals surface area contributed by atoms with E-state index in [0.717, 1.165) is 5.56 Å². The van der Waals surface area contributed by atoms with E-state index >= 15 is 0 Å². The van der Waals surface area contributed by atoms with Gasteiger partial charge in [-0.25, -0.2) is 0 Å². The fourth-order valence-electron chi connectivity index (χ4n) is 1.47. The molecule has 0 unspecified atom stereocenters. The standard InChI is InChI=1S/C14H11N3O3/c18-13(7-6-11-4-2-1-3-5-11)16-12-8-15-17(9-12)10-14(19)20/h1-5,8-9H,10H2,(H,16,18)(H,19,20). The van der Waals surface area contributed by atoms with Gasteiger partial charge in [0.25, 0.3) is 0 Å². The van der Waals surface area contributed by atoms with Crippen molar-refractivity contribution in [2.45, 2.75) is 6.54 Å². The Kier molecular flexibility index (Phi) is 4.14. The number of amides is 1. The van der Waals surface area contributed by atoms with Gasteiger partial charge in [0.1, 0.15) is 6.54 Å². The van der Waals surface area contributed by atoms with E-state index < -0.39 is 11.9 Å². The Bertz CT molecular complexity index is 680. The lowest BCUT2D eigenvalue weighted by Crippen LogP contribution is -2.09. The number of hydrogen-bond acceptors (Lipinski definition) is 3. The predicted octanol–water partition coefficient (Wildman–Crippen LogP) is 0.958. The maximum atomic E-state index is 11.6. The van der Waals surface area contributed by atoms with Gasteiger partial charge in [-0.3, -0.25) is 14.3 Å². The second-order valence-electron chi connectivity index (χ2n) is 3.89. The number of benzene rings is 1. The van der Waals surface area contributed by atoms with Crippen LogP contribution in [-0.2, 0) is 16.1 Å². The van der Waals surface area contributed by atoms with E-state index in [1.165, 1.54) is 17.1 Å². The smallest absolute Gasteiger partial charge is 0.325 e. The van der Waals surface area contributed by atoms with Crippen LogP contribution in [0, 0.1) is 11.8 Å². The molecule has 100 valence electrons. The zero-order chi connectivity index (χ0) is 14.4. The van der Waals surface area contributed by atoms with Crippen LogP contribution in [0.4, 0.5) is 5.69 Å². The van der Waals surface area contributed by atoms with Gasteiger partial charge in [-0.15, -0.1) is 0 Å². The Labute approximate surface area is 115 Å². The van der Waals surface area contributed by atoms with Gasteiger partial charge in [-0.2, -0.15) is 5.10 Å². The lowest BCUT2D eigenvalue weighted by Gasteiger charge is -1.95. The Morgan fingerprint density at radius 2 is 2.05 bits per heavy atom. The minimum Gasteiger partial charge on any atom is -0.480 e. The summed E-state index contributed by atoms with van der Waals surface area (Å²) in [7, 11) is 0. The SMILES string of the molecule is O=C(O)Cn1cc(NC(=O)C#Cc2ccccc2)cn1. The fourth-order valence-corrected chi connectivity index (χ4v) is 1.47. The average Bonchev–Trinajstić information content (AvgIpc) is 2.84. The minimum atomic E-state index is -1.00. The lowest BCUT2D eigenvalue weighted by atomic mass is 10.2. The molecule has 6 nitrogen and oxygen atoms in total. The van der Waals surface area contributed by atoms with Gasteiger partial charge in [-0.1, -0.05) is 24.1 Å². The number of carboxylic acids is 1. The van der Waals surface area contributed by atoms with Crippen LogP contribution in [-0.4, -0.2) is 26.8 Å². The van der Waals surface area contributed by atoms with Gasteiger partial charge in [0.15, 0.2) is 0 Å². The molecule has 0 bridgehead atoms. The average molecular weight is 269 g/mol. The summed E-state index contributed by atoms with van der Waals surface area (Å²) < 4.78 is 1.21. The van der Waals surface area contributed by atoms with Crippen LogP contribution in [0.3, 0.4) is 0 Å². The number of rotatable bonds is 3. The summed E-state index contributed by atoms with van der Waals surface area (Å²) in [6.07, 6.45) is 2.79. The number of hydrogen-bond donors (Lipinski definition) is 2. The fraction of sp³-hybridized carbons (Fsp3) is 0.0714. The predicted molar refractivity (Wildman–Crippen MR) is 71.8 cm³/mol. The highest BCUT2D eigenvalue weighted by molar-refractivity contribution is 6.04. The van der Waals surface area contributed by atoms with E-state index in [4.69, 9.17) is 5.11 Å². The maximum Gasteiger partial charge on any atom is 0.325 e. The van der Waals surface area contributed by atoms with Crippen LogP contribution in [0.15, 0.2) is 42.7 Å². The van der Waals surface area contributed by atoms with Gasteiger partial charge < -0.3 is 10.4 Å². The van der Waals surface area contributed by atoms with Crippen molar-refractivity contribution in [2.75, 3.05) is 5.32 Å². The van der Waals surface area contributed by atoms with Gasteiger partial charge >= 0.3 is 11.9 Å². The number of nitrogens with one attached hydrogen (secondary N) is 1. The number of nitrogens with zero attached hydrogens (tertiary/aromatic N) is 2. The summed E-state index contributed by atoms with van der Waals surface area (Å²) in [5.41, 5.74) is 1.14. The van der Waals surface area contributed by atoms with E-state index in [0.29, 0.717) is 5.69 Å². The van der Waals surface area contributed by atoms with Crippen LogP contribution in [0.1, 0.15) is 5.56 Å². The van der Waals surface area contributed by atoms with Gasteiger partial charge in [0, 0.05) is 17.7 Å². The molecule has 0 radical (unpaired) electrons. The molecule has 0 atom stereocenters. The first-order valence-corrected chi connectivity index (χ1v) is 5.76. The van der Waals surface area contributed by atoms with Gasteiger partial charge in [0.2, 0.25) is 0 Å². The highest BCUT2D eigenvalue weighted by Crippen LogP contribution is 2.04. The van der Waals surface area contributed by atoms with Crippen LogP contribution in [0.2, 0.25) is 0 Å². The monoisotopic (exact) mass is 269 g/mol. The highest BCUT2D eigenvalue weighted by Gasteiger charge is 2.04. The van der Waals surface area contributed by atoms with Crippen LogP contribution in [0.5, 0.6) is 0 Å². The number of anilines is 1. The molecule has 0 aliphatic carbocycles. The van der Waals surface area contributed by atoms with Crippen molar-refractivity contribution in [1.29, 1.82) is 0 Å². The van der Waals surface area contributed by atoms with E-state index in [9.17, 15) is 9.59 Å². The molecule has 1 aromatic heterocycles. The summed E-state index contributed by atoms with van der Waals surface area (Å²) >= 11 is 0. The summed E-state index contributed by atoms with van der Waals surface area (Å²) in [4.78, 5) is 22.1. The van der Waals surface area contributed by atoms with E-state index in [-0.39, 0.29) is 6.54 Å². The van der Waals surface area contributed by atoms with Crippen LogP contribution in [0.25, 0.3) is 0 Å². The van der Waals surface area contributed by atoms with E-state index in [2.05, 4.69) is 22.3 Å². The third-order valence-corrected chi connectivity index (χ3v) is 2.28. The molecule has 0 aliphatic heterocycles. The molecule has 6 heteroatoms. The van der Waals surface area contributed by atoms with E-state index in [1.54, 1.807) is 12.1 Å². The molecule has 0 aliphatic rings. The maximum absolute atomic E-state index is 11.6. The molecular weight excluding hydrogens is 258 g/mol. The molecule has 2 aromatic rings.